The van der Waals surface area contributed by atoms with Crippen molar-refractivity contribution in [2.45, 2.75) is 122 Å². The molecule has 1 spiro atoms. The number of hydrogen-bond acceptors (Lipinski definition) is 6. The molecule has 1 heterocycles. The van der Waals surface area contributed by atoms with Crippen molar-refractivity contribution in [3.05, 3.63) is 30.4 Å². The van der Waals surface area contributed by atoms with Gasteiger partial charge < -0.3 is 23.2 Å². The summed E-state index contributed by atoms with van der Waals surface area (Å²) in [7, 11) is -2.80. The summed E-state index contributed by atoms with van der Waals surface area (Å²) in [5.74, 6) is 0.858. The number of likely N-dealkylation sites (tertiary alicyclic amines) is 1. The molecule has 10 heteroatoms. The highest BCUT2D eigenvalue weighted by molar-refractivity contribution is 6.78. The molecule has 248 valence electrons. The molecule has 1 atom stereocenters. The zero-order chi connectivity index (χ0) is 33.3. The molecule has 0 aromatic heterocycles. The summed E-state index contributed by atoms with van der Waals surface area (Å²) in [5.41, 5.74) is 1.83. The van der Waals surface area contributed by atoms with Gasteiger partial charge in [0.05, 0.1) is 31.0 Å². The molecule has 1 aromatic rings. The molecule has 2 amide bonds. The van der Waals surface area contributed by atoms with E-state index in [0.29, 0.717) is 52.5 Å². The highest BCUT2D eigenvalue weighted by Crippen LogP contribution is 2.55. The molecule has 44 heavy (non-hydrogen) atoms. The first-order valence-corrected chi connectivity index (χ1v) is 21.3. The summed E-state index contributed by atoms with van der Waals surface area (Å²) in [5, 5.41) is 2.91. The van der Waals surface area contributed by atoms with Crippen molar-refractivity contribution in [3.63, 3.8) is 0 Å². The molecule has 2 aliphatic rings. The second kappa shape index (κ2) is 13.6. The zero-order valence-electron chi connectivity index (χ0n) is 29.4. The van der Waals surface area contributed by atoms with Crippen molar-refractivity contribution < 1.29 is 27.9 Å². The van der Waals surface area contributed by atoms with Gasteiger partial charge in [-0.25, -0.2) is 4.79 Å². The molecule has 1 aromatic carbocycles. The van der Waals surface area contributed by atoms with E-state index in [9.17, 15) is 9.59 Å². The number of carbonyl (C=O) groups is 2. The number of anilines is 1. The van der Waals surface area contributed by atoms with Crippen molar-refractivity contribution >= 4 is 34.3 Å². The minimum atomic E-state index is -2.38. The molecule has 2 fully saturated rings. The van der Waals surface area contributed by atoms with E-state index in [4.69, 9.17) is 18.3 Å². The van der Waals surface area contributed by atoms with Crippen LogP contribution in [0.3, 0.4) is 0 Å². The monoisotopic (exact) mass is 646 g/mol. The van der Waals surface area contributed by atoms with Crippen LogP contribution in [0.5, 0.6) is 11.5 Å². The Morgan fingerprint density at radius 1 is 1.07 bits per heavy atom. The van der Waals surface area contributed by atoms with E-state index < -0.39 is 22.7 Å². The van der Waals surface area contributed by atoms with E-state index in [1.54, 1.807) is 19.2 Å². The number of ether oxygens (including phenoxy) is 2. The van der Waals surface area contributed by atoms with Gasteiger partial charge in [0.1, 0.15) is 12.4 Å². The average molecular weight is 647 g/mol. The fourth-order valence-corrected chi connectivity index (χ4v) is 13.0. The summed E-state index contributed by atoms with van der Waals surface area (Å²) in [6.07, 6.45) is 4.02. The predicted octanol–water partition coefficient (Wildman–Crippen LogP) is 9.00. The number of nitrogens with zero attached hydrogens (tertiary/aromatic N) is 1. The summed E-state index contributed by atoms with van der Waals surface area (Å²) >= 11 is 0. The van der Waals surface area contributed by atoms with Gasteiger partial charge in [0.25, 0.3) is 14.2 Å². The maximum Gasteiger partial charge on any atom is 0.411 e. The Balaban J connectivity index is 2.07. The fraction of sp³-hybridized carbons (Fsp3) is 0.706. The maximum atomic E-state index is 14.5. The molecule has 1 aliphatic heterocycles. The van der Waals surface area contributed by atoms with Crippen LogP contribution in [0.4, 0.5) is 10.5 Å². The lowest BCUT2D eigenvalue weighted by molar-refractivity contribution is 0.0680. The van der Waals surface area contributed by atoms with Crippen LogP contribution in [0.1, 0.15) is 91.9 Å². The highest BCUT2D eigenvalue weighted by Gasteiger charge is 2.54. The number of rotatable bonds is 13. The van der Waals surface area contributed by atoms with Crippen LogP contribution in [-0.4, -0.2) is 66.4 Å². The number of benzene rings is 1. The zero-order valence-corrected chi connectivity index (χ0v) is 31.4. The quantitative estimate of drug-likeness (QED) is 0.170. The van der Waals surface area contributed by atoms with Gasteiger partial charge >= 0.3 is 6.09 Å². The topological polar surface area (TPSA) is 86.3 Å². The Kier molecular flexibility index (Phi) is 11.2. The molecular weight excluding hydrogens is 589 g/mol. The van der Waals surface area contributed by atoms with Crippen LogP contribution >= 0.6 is 0 Å². The van der Waals surface area contributed by atoms with E-state index in [2.05, 4.69) is 87.3 Å². The fourth-order valence-electron chi connectivity index (χ4n) is 6.67. The summed E-state index contributed by atoms with van der Waals surface area (Å²) in [4.78, 5) is 29.3. The van der Waals surface area contributed by atoms with E-state index >= 15 is 0 Å². The maximum absolute atomic E-state index is 14.5. The first-order chi connectivity index (χ1) is 20.3. The average Bonchev–Trinajstić information content (AvgIpc) is 3.58. The smallest absolute Gasteiger partial charge is 0.411 e. The Labute approximate surface area is 268 Å². The first-order valence-electron chi connectivity index (χ1n) is 16.2. The molecule has 8 nitrogen and oxygen atoms in total. The van der Waals surface area contributed by atoms with Gasteiger partial charge in [-0.1, -0.05) is 75.0 Å². The summed E-state index contributed by atoms with van der Waals surface area (Å²) in [6.45, 7) is 29.4. The molecule has 1 saturated heterocycles. The Morgan fingerprint density at radius 3 is 2.14 bits per heavy atom. The SMILES string of the molecule is C=CCOC(=O)Nc1cc(O[Si](C(C)C)(C(C)C)C(C)C)c(OC)cc1C(=O)N1CC2(CC2)C[C@H]1CO[Si](C)(C)C(C)(C)C. The van der Waals surface area contributed by atoms with E-state index in [0.717, 1.165) is 19.3 Å². The minimum absolute atomic E-state index is 0.0375. The van der Waals surface area contributed by atoms with Gasteiger partial charge in [0, 0.05) is 12.6 Å². The first kappa shape index (κ1) is 36.2. The van der Waals surface area contributed by atoms with Crippen molar-refractivity contribution in [3.8, 4) is 11.5 Å². The number of hydrogen-bond donors (Lipinski definition) is 1. The van der Waals surface area contributed by atoms with Crippen LogP contribution in [-0.2, 0) is 9.16 Å². The van der Waals surface area contributed by atoms with Gasteiger partial charge in [-0.2, -0.15) is 0 Å². The standard InChI is InChI=1S/C34H58N2O6Si2/c1-14-17-40-32(38)35-28-19-30(42-44(23(2)3,24(4)5)25(6)7)29(39-11)18-27(28)31(37)36-22-34(15-16-34)20-26(36)21-41-43(12,13)33(8,9)10/h14,18-19,23-26H,1,15-17,20-22H2,2-13H3,(H,35,38)/t26-/m0/s1. The molecule has 0 bridgehead atoms. The van der Waals surface area contributed by atoms with Crippen LogP contribution in [0, 0.1) is 5.41 Å². The minimum Gasteiger partial charge on any atom is -0.540 e. The van der Waals surface area contributed by atoms with Crippen LogP contribution in [0.2, 0.25) is 34.8 Å². The molecular formula is C34H58N2O6Si2. The lowest BCUT2D eigenvalue weighted by Crippen LogP contribution is -2.50. The van der Waals surface area contributed by atoms with Crippen LogP contribution < -0.4 is 14.5 Å². The molecule has 1 saturated carbocycles. The lowest BCUT2D eigenvalue weighted by Gasteiger charge is -2.42. The van der Waals surface area contributed by atoms with Crippen molar-refractivity contribution in [1.82, 2.24) is 4.90 Å². The number of nitrogens with one attached hydrogen (secondary N) is 1. The predicted molar refractivity (Wildman–Crippen MR) is 184 cm³/mol. The van der Waals surface area contributed by atoms with Crippen LogP contribution in [0.25, 0.3) is 0 Å². The lowest BCUT2D eigenvalue weighted by atomic mass is 10.0. The van der Waals surface area contributed by atoms with Gasteiger partial charge in [0.2, 0.25) is 0 Å². The van der Waals surface area contributed by atoms with Gasteiger partial charge in [0.15, 0.2) is 14.1 Å². The van der Waals surface area contributed by atoms with Crippen LogP contribution in [0.15, 0.2) is 24.8 Å². The molecule has 1 aliphatic carbocycles. The normalized spacial score (nSPS) is 18.2. The highest BCUT2D eigenvalue weighted by atomic mass is 28.4. The van der Waals surface area contributed by atoms with Crippen molar-refractivity contribution in [1.29, 1.82) is 0 Å². The van der Waals surface area contributed by atoms with E-state index in [1.165, 1.54) is 6.08 Å². The van der Waals surface area contributed by atoms with E-state index in [1.807, 2.05) is 4.90 Å². The van der Waals surface area contributed by atoms with Crippen molar-refractivity contribution in [2.24, 2.45) is 5.41 Å². The third-order valence-electron chi connectivity index (χ3n) is 10.4. The largest absolute Gasteiger partial charge is 0.540 e. The third-order valence-corrected chi connectivity index (χ3v) is 20.9. The molecule has 0 radical (unpaired) electrons. The van der Waals surface area contributed by atoms with Gasteiger partial charge in [-0.15, -0.1) is 0 Å². The second-order valence-corrected chi connectivity index (χ2v) is 25.5. The molecule has 3 rings (SSSR count). The summed E-state index contributed by atoms with van der Waals surface area (Å²) in [6, 6.07) is 3.44. The number of methoxy groups -OCH3 is 1. The molecule has 1 N–H and O–H groups in total. The van der Waals surface area contributed by atoms with Crippen molar-refractivity contribution in [2.75, 3.05) is 32.2 Å². The Bertz CT molecular complexity index is 1180. The summed E-state index contributed by atoms with van der Waals surface area (Å²) < 4.78 is 24.8. The number of amides is 2. The molecule has 0 unspecified atom stereocenters. The van der Waals surface area contributed by atoms with Gasteiger partial charge in [-0.05, 0) is 65.5 Å². The van der Waals surface area contributed by atoms with E-state index in [-0.39, 0.29) is 29.0 Å². The third kappa shape index (κ3) is 7.55. The second-order valence-electron chi connectivity index (χ2n) is 15.3. The number of carbonyl (C=O) groups excluding carboxylic acids is 2. The van der Waals surface area contributed by atoms with Gasteiger partial charge in [-0.3, -0.25) is 10.1 Å². The Morgan fingerprint density at radius 2 is 1.66 bits per heavy atom. The Hall–Kier alpha value is -2.31.